The van der Waals surface area contributed by atoms with Crippen LogP contribution < -0.4 is 15.2 Å². The molecule has 1 amide bonds. The number of unbranched alkanes of at least 4 members (excludes halogenated alkanes) is 1. The Balaban J connectivity index is 1.74. The van der Waals surface area contributed by atoms with Gasteiger partial charge in [0, 0.05) is 6.54 Å². The van der Waals surface area contributed by atoms with Gasteiger partial charge in [0.05, 0.1) is 20.1 Å². The van der Waals surface area contributed by atoms with Crippen molar-refractivity contribution >= 4 is 5.91 Å². The van der Waals surface area contributed by atoms with Crippen molar-refractivity contribution in [3.05, 3.63) is 59.7 Å². The van der Waals surface area contributed by atoms with E-state index in [1.807, 2.05) is 42.5 Å². The van der Waals surface area contributed by atoms with Crippen LogP contribution in [0.15, 0.2) is 48.5 Å². The van der Waals surface area contributed by atoms with E-state index in [1.54, 1.807) is 14.2 Å². The highest BCUT2D eigenvalue weighted by molar-refractivity contribution is 5.81. The molecule has 2 rings (SSSR count). The molecule has 0 aliphatic carbocycles. The molecule has 0 saturated heterocycles. The van der Waals surface area contributed by atoms with Gasteiger partial charge in [0.1, 0.15) is 0 Å². The number of hydrogen-bond acceptors (Lipinski definition) is 4. The Morgan fingerprint density at radius 1 is 1.00 bits per heavy atom. The predicted molar refractivity (Wildman–Crippen MR) is 113 cm³/mol. The third kappa shape index (κ3) is 6.57. The van der Waals surface area contributed by atoms with E-state index in [1.165, 1.54) is 5.56 Å². The summed E-state index contributed by atoms with van der Waals surface area (Å²) in [4.78, 5) is 14.1. The minimum Gasteiger partial charge on any atom is -0.493 e. The van der Waals surface area contributed by atoms with Crippen LogP contribution in [0.1, 0.15) is 36.3 Å². The second-order valence-corrected chi connectivity index (χ2v) is 7.10. The van der Waals surface area contributed by atoms with E-state index in [0.29, 0.717) is 0 Å². The van der Waals surface area contributed by atoms with Crippen molar-refractivity contribution < 1.29 is 14.3 Å². The first-order chi connectivity index (χ1) is 13.5. The molecular weight excluding hydrogens is 352 g/mol. The lowest BCUT2D eigenvalue weighted by molar-refractivity contribution is -0.119. The number of ether oxygens (including phenoxy) is 2. The SMILES string of the molecule is COc1ccc(CCN(C)CCCCC(C(N)=O)c2ccccc2)cc1OC. The van der Waals surface area contributed by atoms with E-state index in [2.05, 4.69) is 18.0 Å². The maximum atomic E-state index is 11.8. The van der Waals surface area contributed by atoms with Gasteiger partial charge in [-0.25, -0.2) is 0 Å². The number of carbonyl (C=O) groups is 1. The molecule has 0 saturated carbocycles. The molecule has 1 unspecified atom stereocenters. The smallest absolute Gasteiger partial charge is 0.224 e. The maximum absolute atomic E-state index is 11.8. The van der Waals surface area contributed by atoms with Crippen molar-refractivity contribution in [1.29, 1.82) is 0 Å². The zero-order chi connectivity index (χ0) is 20.4. The van der Waals surface area contributed by atoms with Crippen molar-refractivity contribution in [2.45, 2.75) is 31.6 Å². The second-order valence-electron chi connectivity index (χ2n) is 7.10. The minimum absolute atomic E-state index is 0.196. The number of hydrogen-bond donors (Lipinski definition) is 1. The molecule has 0 aromatic heterocycles. The topological polar surface area (TPSA) is 64.8 Å². The van der Waals surface area contributed by atoms with E-state index < -0.39 is 0 Å². The molecule has 1 atom stereocenters. The van der Waals surface area contributed by atoms with Crippen LogP contribution >= 0.6 is 0 Å². The number of amides is 1. The lowest BCUT2D eigenvalue weighted by atomic mass is 9.93. The standard InChI is InChI=1S/C23H32N2O3/c1-25(16-14-18-12-13-21(27-2)22(17-18)28-3)15-8-7-11-20(23(24)26)19-9-5-4-6-10-19/h4-6,9-10,12-13,17,20H,7-8,11,14-16H2,1-3H3,(H2,24,26). The molecule has 0 bridgehead atoms. The number of likely N-dealkylation sites (N-methyl/N-ethyl adjacent to an activating group) is 1. The van der Waals surface area contributed by atoms with Gasteiger partial charge in [-0.2, -0.15) is 0 Å². The van der Waals surface area contributed by atoms with E-state index in [0.717, 1.165) is 55.8 Å². The highest BCUT2D eigenvalue weighted by Crippen LogP contribution is 2.27. The summed E-state index contributed by atoms with van der Waals surface area (Å²) in [6, 6.07) is 15.9. The fourth-order valence-electron chi connectivity index (χ4n) is 3.36. The summed E-state index contributed by atoms with van der Waals surface area (Å²) in [5.41, 5.74) is 7.83. The Hall–Kier alpha value is -2.53. The van der Waals surface area contributed by atoms with Crippen molar-refractivity contribution in [2.75, 3.05) is 34.4 Å². The fourth-order valence-corrected chi connectivity index (χ4v) is 3.36. The van der Waals surface area contributed by atoms with Gasteiger partial charge in [-0.15, -0.1) is 0 Å². The summed E-state index contributed by atoms with van der Waals surface area (Å²) >= 11 is 0. The summed E-state index contributed by atoms with van der Waals surface area (Å²) in [6.45, 7) is 1.96. The minimum atomic E-state index is -0.243. The first-order valence-corrected chi connectivity index (χ1v) is 9.79. The monoisotopic (exact) mass is 384 g/mol. The molecule has 2 aromatic carbocycles. The number of primary amides is 1. The predicted octanol–water partition coefficient (Wildman–Crippen LogP) is 3.62. The summed E-state index contributed by atoms with van der Waals surface area (Å²) in [5.74, 6) is 1.08. The van der Waals surface area contributed by atoms with Gasteiger partial charge in [-0.05, 0) is 56.1 Å². The van der Waals surface area contributed by atoms with Crippen LogP contribution in [0.25, 0.3) is 0 Å². The van der Waals surface area contributed by atoms with Gasteiger partial charge < -0.3 is 20.1 Å². The lowest BCUT2D eigenvalue weighted by Gasteiger charge is -2.18. The molecule has 0 aliphatic heterocycles. The average Bonchev–Trinajstić information content (AvgIpc) is 2.72. The van der Waals surface area contributed by atoms with Crippen LogP contribution in [-0.4, -0.2) is 45.2 Å². The average molecular weight is 385 g/mol. The largest absolute Gasteiger partial charge is 0.493 e. The first kappa shape index (κ1) is 21.8. The van der Waals surface area contributed by atoms with Crippen molar-refractivity contribution in [3.8, 4) is 11.5 Å². The maximum Gasteiger partial charge on any atom is 0.224 e. The van der Waals surface area contributed by atoms with Gasteiger partial charge in [-0.3, -0.25) is 4.79 Å². The Labute approximate surface area is 168 Å². The molecule has 0 heterocycles. The van der Waals surface area contributed by atoms with Crippen LogP contribution in [-0.2, 0) is 11.2 Å². The Morgan fingerprint density at radius 3 is 2.36 bits per heavy atom. The van der Waals surface area contributed by atoms with Crippen LogP contribution in [0.3, 0.4) is 0 Å². The van der Waals surface area contributed by atoms with E-state index in [-0.39, 0.29) is 11.8 Å². The van der Waals surface area contributed by atoms with Crippen LogP contribution in [0.4, 0.5) is 0 Å². The van der Waals surface area contributed by atoms with Gasteiger partial charge in [0.25, 0.3) is 0 Å². The van der Waals surface area contributed by atoms with E-state index in [4.69, 9.17) is 15.2 Å². The molecule has 28 heavy (non-hydrogen) atoms. The summed E-state index contributed by atoms with van der Waals surface area (Å²) in [5, 5.41) is 0. The summed E-state index contributed by atoms with van der Waals surface area (Å²) < 4.78 is 10.6. The highest BCUT2D eigenvalue weighted by Gasteiger charge is 2.17. The number of nitrogens with zero attached hydrogens (tertiary/aromatic N) is 1. The molecule has 152 valence electrons. The van der Waals surface area contributed by atoms with Crippen molar-refractivity contribution in [3.63, 3.8) is 0 Å². The normalized spacial score (nSPS) is 12.0. The number of benzene rings is 2. The Bertz CT molecular complexity index is 734. The van der Waals surface area contributed by atoms with Crippen molar-refractivity contribution in [1.82, 2.24) is 4.90 Å². The van der Waals surface area contributed by atoms with Crippen LogP contribution in [0.2, 0.25) is 0 Å². The van der Waals surface area contributed by atoms with Gasteiger partial charge in [-0.1, -0.05) is 42.8 Å². The summed E-state index contributed by atoms with van der Waals surface area (Å²) in [6.07, 6.45) is 3.76. The van der Waals surface area contributed by atoms with Gasteiger partial charge in [0.2, 0.25) is 5.91 Å². The molecule has 0 aliphatic rings. The molecule has 0 fully saturated rings. The number of methoxy groups -OCH3 is 2. The fraction of sp³-hybridized carbons (Fsp3) is 0.435. The lowest BCUT2D eigenvalue weighted by Crippen LogP contribution is -2.24. The third-order valence-electron chi connectivity index (χ3n) is 5.06. The molecular formula is C23H32N2O3. The van der Waals surface area contributed by atoms with Crippen LogP contribution in [0, 0.1) is 0 Å². The zero-order valence-electron chi connectivity index (χ0n) is 17.2. The molecule has 5 heteroatoms. The van der Waals surface area contributed by atoms with E-state index >= 15 is 0 Å². The zero-order valence-corrected chi connectivity index (χ0v) is 17.2. The quantitative estimate of drug-likeness (QED) is 0.568. The number of carbonyl (C=O) groups excluding carboxylic acids is 1. The summed E-state index contributed by atoms with van der Waals surface area (Å²) in [7, 11) is 5.43. The molecule has 2 aromatic rings. The Kier molecular flexibility index (Phi) is 8.82. The van der Waals surface area contributed by atoms with Gasteiger partial charge in [0.15, 0.2) is 11.5 Å². The number of rotatable bonds is 12. The highest BCUT2D eigenvalue weighted by atomic mass is 16.5. The number of nitrogens with two attached hydrogens (primary N) is 1. The molecule has 2 N–H and O–H groups in total. The molecule has 0 spiro atoms. The second kappa shape index (κ2) is 11.3. The first-order valence-electron chi connectivity index (χ1n) is 9.79. The molecule has 5 nitrogen and oxygen atoms in total. The molecule has 0 radical (unpaired) electrons. The van der Waals surface area contributed by atoms with Crippen LogP contribution in [0.5, 0.6) is 11.5 Å². The Morgan fingerprint density at radius 2 is 1.71 bits per heavy atom. The van der Waals surface area contributed by atoms with Gasteiger partial charge >= 0.3 is 0 Å². The third-order valence-corrected chi connectivity index (χ3v) is 5.06. The van der Waals surface area contributed by atoms with E-state index in [9.17, 15) is 4.79 Å². The van der Waals surface area contributed by atoms with Crippen molar-refractivity contribution in [2.24, 2.45) is 5.73 Å².